The average Bonchev–Trinajstić information content (AvgIpc) is 2.68. The molecule has 1 aliphatic rings. The maximum absolute atomic E-state index is 12.6. The van der Waals surface area contributed by atoms with Crippen molar-refractivity contribution < 1.29 is 14.3 Å². The zero-order valence-corrected chi connectivity index (χ0v) is 14.7. The van der Waals surface area contributed by atoms with Crippen LogP contribution in [0.4, 0.5) is 11.4 Å². The number of nitrogen functional groups attached to an aromatic ring is 2. The average molecular weight is 355 g/mol. The Labute approximate surface area is 153 Å². The van der Waals surface area contributed by atoms with Crippen LogP contribution < -0.4 is 21.5 Å². The lowest BCUT2D eigenvalue weighted by molar-refractivity contribution is 0.0722. The maximum Gasteiger partial charge on any atom is 0.193 e. The smallest absolute Gasteiger partial charge is 0.193 e. The Morgan fingerprint density at radius 3 is 2.77 bits per heavy atom. The van der Waals surface area contributed by atoms with Crippen molar-refractivity contribution in [1.82, 2.24) is 5.32 Å². The molecule has 26 heavy (non-hydrogen) atoms. The summed E-state index contributed by atoms with van der Waals surface area (Å²) in [7, 11) is 0. The van der Waals surface area contributed by atoms with E-state index >= 15 is 0 Å². The molecule has 3 rings (SSSR count). The summed E-state index contributed by atoms with van der Waals surface area (Å²) in [4.78, 5) is 12.6. The van der Waals surface area contributed by atoms with Gasteiger partial charge < -0.3 is 26.3 Å². The zero-order chi connectivity index (χ0) is 18.4. The van der Waals surface area contributed by atoms with Gasteiger partial charge in [0.1, 0.15) is 5.75 Å². The number of carbonyl (C=O) groups is 1. The fourth-order valence-electron chi connectivity index (χ4n) is 2.93. The molecule has 0 bridgehead atoms. The number of nitrogens with one attached hydrogen (secondary N) is 1. The van der Waals surface area contributed by atoms with Gasteiger partial charge in [-0.2, -0.15) is 0 Å². The second-order valence-electron chi connectivity index (χ2n) is 6.42. The summed E-state index contributed by atoms with van der Waals surface area (Å²) >= 11 is 0. The molecule has 0 amide bonds. The zero-order valence-electron chi connectivity index (χ0n) is 14.7. The molecule has 1 fully saturated rings. The van der Waals surface area contributed by atoms with Crippen LogP contribution in [0.1, 0.15) is 28.8 Å². The molecule has 1 aliphatic heterocycles. The van der Waals surface area contributed by atoms with E-state index in [1.807, 2.05) is 12.1 Å². The normalized spacial score (nSPS) is 17.0. The molecule has 1 unspecified atom stereocenters. The van der Waals surface area contributed by atoms with Gasteiger partial charge in [-0.3, -0.25) is 4.79 Å². The summed E-state index contributed by atoms with van der Waals surface area (Å²) in [6.45, 7) is 3.05. The number of hydrogen-bond donors (Lipinski definition) is 3. The van der Waals surface area contributed by atoms with Gasteiger partial charge in [-0.1, -0.05) is 12.1 Å². The lowest BCUT2D eigenvalue weighted by Gasteiger charge is -2.23. The minimum atomic E-state index is -0.106. The number of carbonyl (C=O) groups excluding carboxylic acids is 1. The van der Waals surface area contributed by atoms with E-state index in [4.69, 9.17) is 20.9 Å². The van der Waals surface area contributed by atoms with Crippen molar-refractivity contribution in [3.8, 4) is 5.75 Å². The number of nitrogens with two attached hydrogens (primary N) is 2. The predicted octanol–water partition coefficient (Wildman–Crippen LogP) is 2.23. The van der Waals surface area contributed by atoms with Crippen molar-refractivity contribution in [2.24, 2.45) is 0 Å². The number of ketones is 1. The molecular formula is C20H25N3O3. The minimum absolute atomic E-state index is 0.106. The first-order chi connectivity index (χ1) is 12.6. The first-order valence-electron chi connectivity index (χ1n) is 8.87. The van der Waals surface area contributed by atoms with E-state index in [2.05, 4.69) is 5.32 Å². The predicted molar refractivity (Wildman–Crippen MR) is 102 cm³/mol. The fourth-order valence-corrected chi connectivity index (χ4v) is 2.93. The lowest BCUT2D eigenvalue weighted by atomic mass is 10.0. The standard InChI is InChI=1S/C20H25N3O3/c21-18-7-6-15(12-19(18)22)20(24)14-3-1-5-17(11-14)26-9-2-4-16-13-25-10-8-23-16/h1,3,5-7,11-12,16,23H,2,4,8-10,13,21-22H2. The fraction of sp³-hybridized carbons (Fsp3) is 0.350. The van der Waals surface area contributed by atoms with E-state index in [1.54, 1.807) is 30.3 Å². The molecule has 0 aliphatic carbocycles. The molecule has 1 heterocycles. The summed E-state index contributed by atoms with van der Waals surface area (Å²) in [5.74, 6) is 0.581. The molecule has 0 saturated carbocycles. The summed E-state index contributed by atoms with van der Waals surface area (Å²) in [6, 6.07) is 12.5. The SMILES string of the molecule is Nc1ccc(C(=O)c2cccc(OCCCC3COCCN3)c2)cc1N. The van der Waals surface area contributed by atoms with E-state index in [0.29, 0.717) is 40.9 Å². The van der Waals surface area contributed by atoms with E-state index in [1.165, 1.54) is 0 Å². The van der Waals surface area contributed by atoms with Gasteiger partial charge in [0, 0.05) is 23.7 Å². The Morgan fingerprint density at radius 2 is 2.00 bits per heavy atom. The molecule has 0 spiro atoms. The molecule has 6 nitrogen and oxygen atoms in total. The Morgan fingerprint density at radius 1 is 1.15 bits per heavy atom. The number of ether oxygens (including phenoxy) is 2. The van der Waals surface area contributed by atoms with Crippen LogP contribution in [0, 0.1) is 0 Å². The topological polar surface area (TPSA) is 99.6 Å². The van der Waals surface area contributed by atoms with Crippen LogP contribution in [0.2, 0.25) is 0 Å². The molecule has 0 aromatic heterocycles. The second-order valence-corrected chi connectivity index (χ2v) is 6.42. The third-order valence-electron chi connectivity index (χ3n) is 4.41. The van der Waals surface area contributed by atoms with Gasteiger partial charge >= 0.3 is 0 Å². The Balaban J connectivity index is 1.55. The van der Waals surface area contributed by atoms with Gasteiger partial charge in [0.25, 0.3) is 0 Å². The summed E-state index contributed by atoms with van der Waals surface area (Å²) in [5.41, 5.74) is 13.4. The number of rotatable bonds is 7. The number of hydrogen-bond acceptors (Lipinski definition) is 6. The van der Waals surface area contributed by atoms with Crippen molar-refractivity contribution in [3.63, 3.8) is 0 Å². The van der Waals surface area contributed by atoms with Crippen LogP contribution in [0.3, 0.4) is 0 Å². The Bertz CT molecular complexity index is 758. The number of morpholine rings is 1. The van der Waals surface area contributed by atoms with Crippen LogP contribution in [-0.2, 0) is 4.74 Å². The Kier molecular flexibility index (Phi) is 6.09. The van der Waals surface area contributed by atoms with E-state index in [-0.39, 0.29) is 5.78 Å². The van der Waals surface area contributed by atoms with Gasteiger partial charge in [-0.05, 0) is 43.2 Å². The molecule has 2 aromatic rings. The van der Waals surface area contributed by atoms with Crippen molar-refractivity contribution in [2.45, 2.75) is 18.9 Å². The first kappa shape index (κ1) is 18.2. The molecule has 6 heteroatoms. The summed E-state index contributed by atoms with van der Waals surface area (Å²) in [6.07, 6.45) is 1.93. The van der Waals surface area contributed by atoms with Gasteiger partial charge in [0.05, 0.1) is 31.2 Å². The summed E-state index contributed by atoms with van der Waals surface area (Å²) in [5, 5.41) is 3.42. The van der Waals surface area contributed by atoms with Crippen molar-refractivity contribution in [3.05, 3.63) is 53.6 Å². The monoisotopic (exact) mass is 355 g/mol. The largest absolute Gasteiger partial charge is 0.494 e. The van der Waals surface area contributed by atoms with Gasteiger partial charge in [-0.15, -0.1) is 0 Å². The highest BCUT2D eigenvalue weighted by Gasteiger charge is 2.13. The summed E-state index contributed by atoms with van der Waals surface area (Å²) < 4.78 is 11.2. The van der Waals surface area contributed by atoms with E-state index in [0.717, 1.165) is 32.6 Å². The van der Waals surface area contributed by atoms with E-state index in [9.17, 15) is 4.79 Å². The number of anilines is 2. The van der Waals surface area contributed by atoms with Gasteiger partial charge in [0.2, 0.25) is 0 Å². The van der Waals surface area contributed by atoms with Crippen LogP contribution >= 0.6 is 0 Å². The molecule has 1 saturated heterocycles. The van der Waals surface area contributed by atoms with E-state index < -0.39 is 0 Å². The van der Waals surface area contributed by atoms with Crippen LogP contribution in [-0.4, -0.2) is 38.2 Å². The minimum Gasteiger partial charge on any atom is -0.494 e. The molecule has 2 aromatic carbocycles. The quantitative estimate of drug-likeness (QED) is 0.400. The molecule has 5 N–H and O–H groups in total. The molecule has 0 radical (unpaired) electrons. The highest BCUT2D eigenvalue weighted by Crippen LogP contribution is 2.21. The first-order valence-corrected chi connectivity index (χ1v) is 8.87. The van der Waals surface area contributed by atoms with Gasteiger partial charge in [-0.25, -0.2) is 0 Å². The maximum atomic E-state index is 12.6. The van der Waals surface area contributed by atoms with Crippen molar-refractivity contribution >= 4 is 17.2 Å². The van der Waals surface area contributed by atoms with Gasteiger partial charge in [0.15, 0.2) is 5.78 Å². The second kappa shape index (κ2) is 8.69. The van der Waals surface area contributed by atoms with Crippen molar-refractivity contribution in [1.29, 1.82) is 0 Å². The highest BCUT2D eigenvalue weighted by molar-refractivity contribution is 6.10. The third-order valence-corrected chi connectivity index (χ3v) is 4.41. The highest BCUT2D eigenvalue weighted by atomic mass is 16.5. The van der Waals surface area contributed by atoms with Crippen LogP contribution in [0.25, 0.3) is 0 Å². The third kappa shape index (κ3) is 4.74. The van der Waals surface area contributed by atoms with Crippen LogP contribution in [0.5, 0.6) is 5.75 Å². The lowest BCUT2D eigenvalue weighted by Crippen LogP contribution is -2.41. The molecular weight excluding hydrogens is 330 g/mol. The molecule has 138 valence electrons. The molecule has 1 atom stereocenters. The number of benzene rings is 2. The Hall–Kier alpha value is -2.57. The van der Waals surface area contributed by atoms with Crippen molar-refractivity contribution in [2.75, 3.05) is 37.8 Å². The van der Waals surface area contributed by atoms with Crippen LogP contribution in [0.15, 0.2) is 42.5 Å².